The summed E-state index contributed by atoms with van der Waals surface area (Å²) in [5.41, 5.74) is 6.46. The minimum Gasteiger partial charge on any atom is -0.287 e. The summed E-state index contributed by atoms with van der Waals surface area (Å²) in [6.07, 6.45) is 13.3. The Balaban J connectivity index is 1.49. The first-order valence-corrected chi connectivity index (χ1v) is 16.7. The van der Waals surface area contributed by atoms with Crippen LogP contribution < -0.4 is 4.99 Å². The van der Waals surface area contributed by atoms with Gasteiger partial charge in [0.1, 0.15) is 19.6 Å². The fraction of sp³-hybridized carbons (Fsp3) is 0.308. The molecule has 9 heteroatoms. The molecule has 1 aromatic carbocycles. The number of hydrogen-bond acceptors (Lipinski definition) is 8. The molecule has 1 aliphatic rings. The molecule has 3 aromatic heterocycles. The number of allylic oxidation sites excluding steroid dienone is 3. The summed E-state index contributed by atoms with van der Waals surface area (Å²) in [6.45, 7) is 12.0. The van der Waals surface area contributed by atoms with Crippen molar-refractivity contribution in [1.29, 1.82) is 0 Å². The number of benzene rings is 1. The van der Waals surface area contributed by atoms with E-state index in [9.17, 15) is 4.79 Å². The van der Waals surface area contributed by atoms with Crippen LogP contribution in [0.3, 0.4) is 0 Å². The molecular weight excluding hydrogens is 598 g/mol. The van der Waals surface area contributed by atoms with Gasteiger partial charge in [-0.25, -0.2) is 4.79 Å². The van der Waals surface area contributed by atoms with Gasteiger partial charge in [0.15, 0.2) is 0 Å². The zero-order valence-electron chi connectivity index (χ0n) is 28.3. The van der Waals surface area contributed by atoms with Gasteiger partial charge in [-0.15, -0.1) is 4.65 Å². The molecule has 0 bridgehead atoms. The molecule has 1 radical (unpaired) electrons. The van der Waals surface area contributed by atoms with E-state index in [1.165, 1.54) is 0 Å². The highest BCUT2D eigenvalue weighted by molar-refractivity contribution is 5.89. The third-order valence-electron chi connectivity index (χ3n) is 8.55. The third kappa shape index (κ3) is 10.1. The van der Waals surface area contributed by atoms with Gasteiger partial charge in [-0.3, -0.25) is 29.6 Å². The number of pyridine rings is 3. The van der Waals surface area contributed by atoms with Crippen molar-refractivity contribution < 1.29 is 14.3 Å². The van der Waals surface area contributed by atoms with Gasteiger partial charge in [-0.05, 0) is 86.5 Å². The van der Waals surface area contributed by atoms with E-state index in [4.69, 9.17) is 4.84 Å². The Morgan fingerprint density at radius 3 is 1.58 bits per heavy atom. The summed E-state index contributed by atoms with van der Waals surface area (Å²) in [5, 5.41) is 0. The number of aliphatic imine (C=N–C) groups is 1. The van der Waals surface area contributed by atoms with Crippen molar-refractivity contribution in [1.82, 2.24) is 29.7 Å². The van der Waals surface area contributed by atoms with E-state index in [2.05, 4.69) is 56.6 Å². The van der Waals surface area contributed by atoms with Gasteiger partial charge in [-0.1, -0.05) is 24.3 Å². The van der Waals surface area contributed by atoms with Gasteiger partial charge in [0.05, 0.1) is 34.2 Å². The number of hydroxylamine groups is 3. The van der Waals surface area contributed by atoms with Gasteiger partial charge in [0.25, 0.3) is 5.70 Å². The molecule has 0 amide bonds. The third-order valence-corrected chi connectivity index (χ3v) is 8.55. The Bertz CT molecular complexity index is 1640. The smallest absolute Gasteiger partial charge is 0.287 e. The number of aromatic nitrogens is 3. The van der Waals surface area contributed by atoms with Crippen molar-refractivity contribution >= 4 is 12.2 Å². The Morgan fingerprint density at radius 1 is 0.667 bits per heavy atom. The van der Waals surface area contributed by atoms with Crippen molar-refractivity contribution in [3.8, 4) is 0 Å². The summed E-state index contributed by atoms with van der Waals surface area (Å²) >= 11 is 0. The molecule has 48 heavy (non-hydrogen) atoms. The highest BCUT2D eigenvalue weighted by Gasteiger charge is 2.29. The van der Waals surface area contributed by atoms with Crippen molar-refractivity contribution in [2.45, 2.75) is 53.5 Å². The molecule has 0 fully saturated rings. The van der Waals surface area contributed by atoms with Gasteiger partial charge >= 0.3 is 5.97 Å². The van der Waals surface area contributed by atoms with Crippen LogP contribution >= 0.6 is 0 Å². The predicted molar refractivity (Wildman–Crippen MR) is 189 cm³/mol. The number of carbonyl (C=O) groups is 1. The van der Waals surface area contributed by atoms with E-state index in [1.807, 2.05) is 110 Å². The van der Waals surface area contributed by atoms with Gasteiger partial charge in [-0.2, -0.15) is 0 Å². The Kier molecular flexibility index (Phi) is 12.5. The molecule has 4 aromatic rings. The first kappa shape index (κ1) is 34.5. The van der Waals surface area contributed by atoms with Crippen LogP contribution in [-0.2, 0) is 37.6 Å². The molecule has 247 valence electrons. The summed E-state index contributed by atoms with van der Waals surface area (Å²) in [5.74, 6) is -0.314. The fourth-order valence-electron chi connectivity index (χ4n) is 5.89. The van der Waals surface area contributed by atoms with E-state index in [0.717, 1.165) is 33.9 Å². The summed E-state index contributed by atoms with van der Waals surface area (Å²) in [4.78, 5) is 43.1. The van der Waals surface area contributed by atoms with Crippen LogP contribution in [0.25, 0.3) is 0 Å². The predicted octanol–water partition coefficient (Wildman–Crippen LogP) is 5.88. The zero-order valence-corrected chi connectivity index (χ0v) is 28.3. The molecule has 4 heterocycles. The Morgan fingerprint density at radius 2 is 1.17 bits per heavy atom. The number of nitrogens with zero attached hydrogens (tertiary/aromatic N) is 7. The van der Waals surface area contributed by atoms with Crippen LogP contribution in [0.4, 0.5) is 0 Å². The molecule has 0 aliphatic carbocycles. The monoisotopic (exact) mass is 644 g/mol. The highest BCUT2D eigenvalue weighted by Crippen LogP contribution is 2.21. The molecule has 0 atom stereocenters. The van der Waals surface area contributed by atoms with E-state index in [-0.39, 0.29) is 10.6 Å². The lowest BCUT2D eigenvalue weighted by molar-refractivity contribution is -1.08. The van der Waals surface area contributed by atoms with Crippen LogP contribution in [0.5, 0.6) is 0 Å². The van der Waals surface area contributed by atoms with Crippen LogP contribution in [0.2, 0.25) is 0 Å². The summed E-state index contributed by atoms with van der Waals surface area (Å²) < 4.78 is 0.273. The van der Waals surface area contributed by atoms with Gasteiger partial charge in [0, 0.05) is 63.5 Å². The average molecular weight is 645 g/mol. The molecule has 5 rings (SSSR count). The molecule has 1 aliphatic heterocycles. The van der Waals surface area contributed by atoms with Crippen LogP contribution in [0.15, 0.2) is 115 Å². The summed E-state index contributed by atoms with van der Waals surface area (Å²) in [6, 6.07) is 24.1. The molecule has 9 nitrogen and oxygen atoms in total. The lowest BCUT2D eigenvalue weighted by atomic mass is 10.0. The van der Waals surface area contributed by atoms with Crippen molar-refractivity contribution in [3.63, 3.8) is 0 Å². The fourth-order valence-corrected chi connectivity index (χ4v) is 5.89. The SMILES string of the molecule is CC[N+](CC)(CC)OC(=O)c1cc(CN(CC2=CC=CC=[N+]2)Cc2ccccn2)cc(CN(Cc2ccccn2)Cc2ccccn2)c1. The molecule has 0 spiro atoms. The maximum absolute atomic E-state index is 13.9. The van der Waals surface area contributed by atoms with E-state index in [0.29, 0.717) is 64.5 Å². The maximum atomic E-state index is 13.9. The Labute approximate surface area is 284 Å². The number of quaternary nitrogens is 1. The molecule has 0 unspecified atom stereocenters. The van der Waals surface area contributed by atoms with Crippen molar-refractivity contribution in [2.24, 2.45) is 0 Å². The van der Waals surface area contributed by atoms with Gasteiger partial charge < -0.3 is 0 Å². The largest absolute Gasteiger partial charge is 0.397 e. The van der Waals surface area contributed by atoms with Crippen LogP contribution in [0.1, 0.15) is 59.3 Å². The zero-order chi connectivity index (χ0) is 33.6. The van der Waals surface area contributed by atoms with Crippen LogP contribution in [0, 0.1) is 0 Å². The number of carbonyl (C=O) groups excluding carboxylic acids is 1. The van der Waals surface area contributed by atoms with Crippen molar-refractivity contribution in [2.75, 3.05) is 26.2 Å². The minimum atomic E-state index is -0.314. The normalized spacial score (nSPS) is 12.8. The Hall–Kier alpha value is -4.83. The molecule has 0 N–H and O–H groups in total. The topological polar surface area (TPSA) is 85.5 Å². The highest BCUT2D eigenvalue weighted by atomic mass is 16.7. The first-order chi connectivity index (χ1) is 23.5. The molecule has 0 saturated carbocycles. The second kappa shape index (κ2) is 17.4. The minimum absolute atomic E-state index is 0.273. The first-order valence-electron chi connectivity index (χ1n) is 16.7. The standard InChI is InChI=1S/C39H46N7O2/c1-4-46(5-2,6-3)48-39(47)34-24-32(26-44(28-35-15-7-11-19-40-35)29-36-16-8-12-20-41-36)23-33(25-34)27-45(30-37-17-9-13-21-42-37)31-38-18-10-14-22-43-38/h7-25H,4-6,26-31H2,1-3H3/q+2. The van der Waals surface area contributed by atoms with E-state index in [1.54, 1.807) is 0 Å². The quantitative estimate of drug-likeness (QED) is 0.105. The lowest BCUT2D eigenvalue weighted by Gasteiger charge is -2.31. The van der Waals surface area contributed by atoms with E-state index >= 15 is 0 Å². The molecule has 0 saturated heterocycles. The average Bonchev–Trinajstić information content (AvgIpc) is 3.12. The number of rotatable bonds is 17. The lowest BCUT2D eigenvalue weighted by Crippen LogP contribution is -2.48. The second-order valence-corrected chi connectivity index (χ2v) is 12.0. The van der Waals surface area contributed by atoms with Crippen LogP contribution in [-0.4, -0.2) is 67.8 Å². The maximum Gasteiger partial charge on any atom is 0.397 e. The van der Waals surface area contributed by atoms with Crippen molar-refractivity contribution in [3.05, 3.63) is 149 Å². The molecular formula is C39H46N7O2+2. The van der Waals surface area contributed by atoms with Gasteiger partial charge in [0.2, 0.25) is 6.21 Å². The van der Waals surface area contributed by atoms with E-state index < -0.39 is 0 Å². The second-order valence-electron chi connectivity index (χ2n) is 12.0. The number of hydrogen-bond donors (Lipinski definition) is 0. The summed E-state index contributed by atoms with van der Waals surface area (Å²) in [7, 11) is 0.